The summed E-state index contributed by atoms with van der Waals surface area (Å²) in [5.41, 5.74) is 2.61. The number of benzene rings is 2. The molecule has 2 aromatic carbocycles. The molecular weight excluding hydrogens is 282 g/mol. The summed E-state index contributed by atoms with van der Waals surface area (Å²) in [7, 11) is 0. The van der Waals surface area contributed by atoms with E-state index in [1.165, 1.54) is 11.1 Å². The van der Waals surface area contributed by atoms with Gasteiger partial charge in [-0.3, -0.25) is 4.79 Å². The quantitative estimate of drug-likeness (QED) is 0.807. The van der Waals surface area contributed by atoms with Gasteiger partial charge in [-0.1, -0.05) is 60.7 Å². The van der Waals surface area contributed by atoms with Crippen LogP contribution in [0.5, 0.6) is 0 Å². The van der Waals surface area contributed by atoms with E-state index in [9.17, 15) is 4.79 Å². The summed E-state index contributed by atoms with van der Waals surface area (Å²) >= 11 is 0. The van der Waals surface area contributed by atoms with E-state index in [0.717, 1.165) is 25.8 Å². The lowest BCUT2D eigenvalue weighted by molar-refractivity contribution is -0.132. The first-order valence-corrected chi connectivity index (χ1v) is 8.62. The van der Waals surface area contributed by atoms with Crippen molar-refractivity contribution in [3.05, 3.63) is 71.8 Å². The van der Waals surface area contributed by atoms with Crippen LogP contribution < -0.4 is 0 Å². The van der Waals surface area contributed by atoms with Crippen molar-refractivity contribution in [3.8, 4) is 0 Å². The van der Waals surface area contributed by atoms with Gasteiger partial charge in [-0.2, -0.15) is 0 Å². The Balaban J connectivity index is 1.65. The number of rotatable bonds is 4. The maximum atomic E-state index is 12.6. The van der Waals surface area contributed by atoms with Gasteiger partial charge in [0.1, 0.15) is 0 Å². The van der Waals surface area contributed by atoms with Gasteiger partial charge in [0.15, 0.2) is 0 Å². The lowest BCUT2D eigenvalue weighted by Crippen LogP contribution is -2.33. The predicted molar refractivity (Wildman–Crippen MR) is 94.1 cm³/mol. The lowest BCUT2D eigenvalue weighted by atomic mass is 9.93. The molecule has 3 rings (SSSR count). The van der Waals surface area contributed by atoms with Gasteiger partial charge < -0.3 is 4.90 Å². The van der Waals surface area contributed by atoms with Crippen molar-refractivity contribution in [2.24, 2.45) is 5.92 Å². The molecule has 1 aliphatic heterocycles. The molecule has 1 saturated heterocycles. The largest absolute Gasteiger partial charge is 0.336 e. The molecular formula is C21H25NO. The van der Waals surface area contributed by atoms with Crippen LogP contribution in [0.1, 0.15) is 43.4 Å². The molecule has 0 N–H and O–H groups in total. The Morgan fingerprint density at radius 3 is 2.35 bits per heavy atom. The third kappa shape index (κ3) is 4.01. The van der Waals surface area contributed by atoms with Gasteiger partial charge in [0.05, 0.1) is 6.04 Å². The molecule has 0 saturated carbocycles. The molecule has 1 heterocycles. The van der Waals surface area contributed by atoms with E-state index in [0.29, 0.717) is 18.2 Å². The molecule has 2 nitrogen and oxygen atoms in total. The van der Waals surface area contributed by atoms with E-state index in [1.54, 1.807) is 0 Å². The number of nitrogens with zero attached hydrogens (tertiary/aromatic N) is 1. The Kier molecular flexibility index (Phi) is 5.12. The van der Waals surface area contributed by atoms with Crippen LogP contribution in [-0.2, 0) is 11.2 Å². The molecule has 0 spiro atoms. The fourth-order valence-electron chi connectivity index (χ4n) is 3.53. The minimum atomic E-state index is 0.166. The van der Waals surface area contributed by atoms with Gasteiger partial charge in [-0.05, 0) is 43.2 Å². The highest BCUT2D eigenvalue weighted by Gasteiger charge is 2.26. The first-order chi connectivity index (χ1) is 11.2. The molecule has 1 fully saturated rings. The molecule has 2 atom stereocenters. The molecule has 0 bridgehead atoms. The van der Waals surface area contributed by atoms with E-state index in [4.69, 9.17) is 0 Å². The Hall–Kier alpha value is -2.09. The van der Waals surface area contributed by atoms with E-state index >= 15 is 0 Å². The van der Waals surface area contributed by atoms with Crippen LogP contribution in [-0.4, -0.2) is 17.4 Å². The third-order valence-electron chi connectivity index (χ3n) is 4.98. The fraction of sp³-hybridized carbons (Fsp3) is 0.381. The van der Waals surface area contributed by atoms with Crippen molar-refractivity contribution in [3.63, 3.8) is 0 Å². The zero-order chi connectivity index (χ0) is 16.1. The molecule has 120 valence electrons. The van der Waals surface area contributed by atoms with Crippen molar-refractivity contribution in [1.82, 2.24) is 4.90 Å². The van der Waals surface area contributed by atoms with Gasteiger partial charge in [-0.15, -0.1) is 0 Å². The summed E-state index contributed by atoms with van der Waals surface area (Å²) < 4.78 is 0. The Labute approximate surface area is 139 Å². The molecule has 2 aromatic rings. The van der Waals surface area contributed by atoms with Gasteiger partial charge in [-0.25, -0.2) is 0 Å². The molecule has 2 heteroatoms. The fourth-order valence-corrected chi connectivity index (χ4v) is 3.53. The molecule has 0 aliphatic carbocycles. The topological polar surface area (TPSA) is 20.3 Å². The molecule has 23 heavy (non-hydrogen) atoms. The normalized spacial score (nSPS) is 20.1. The van der Waals surface area contributed by atoms with E-state index < -0.39 is 0 Å². The first kappa shape index (κ1) is 15.8. The average molecular weight is 307 g/mol. The summed E-state index contributed by atoms with van der Waals surface area (Å²) in [6.07, 6.45) is 3.86. The van der Waals surface area contributed by atoms with Crippen LogP contribution in [0.2, 0.25) is 0 Å². The van der Waals surface area contributed by atoms with Crippen molar-refractivity contribution in [1.29, 1.82) is 0 Å². The minimum Gasteiger partial charge on any atom is -0.336 e. The second kappa shape index (κ2) is 7.45. The van der Waals surface area contributed by atoms with Gasteiger partial charge in [0.2, 0.25) is 5.91 Å². The van der Waals surface area contributed by atoms with E-state index in [-0.39, 0.29) is 6.04 Å². The number of amides is 1. The van der Waals surface area contributed by atoms with Crippen LogP contribution in [0.25, 0.3) is 0 Å². The molecule has 1 amide bonds. The number of hydrogen-bond acceptors (Lipinski definition) is 1. The van der Waals surface area contributed by atoms with Crippen molar-refractivity contribution in [2.45, 2.75) is 38.6 Å². The second-order valence-corrected chi connectivity index (χ2v) is 6.56. The first-order valence-electron chi connectivity index (χ1n) is 8.62. The highest BCUT2D eigenvalue weighted by molar-refractivity contribution is 5.77. The number of carbonyl (C=O) groups is 1. The highest BCUT2D eigenvalue weighted by atomic mass is 16.2. The summed E-state index contributed by atoms with van der Waals surface area (Å²) in [5.74, 6) is 0.909. The van der Waals surface area contributed by atoms with Crippen LogP contribution in [0.3, 0.4) is 0 Å². The summed E-state index contributed by atoms with van der Waals surface area (Å²) in [5, 5.41) is 0. The highest BCUT2D eigenvalue weighted by Crippen LogP contribution is 2.28. The van der Waals surface area contributed by atoms with Crippen molar-refractivity contribution in [2.75, 3.05) is 6.54 Å². The summed E-state index contributed by atoms with van der Waals surface area (Å²) in [6, 6.07) is 21.2. The van der Waals surface area contributed by atoms with E-state index in [1.807, 2.05) is 18.2 Å². The Bertz CT molecular complexity index is 623. The van der Waals surface area contributed by atoms with Gasteiger partial charge in [0, 0.05) is 13.0 Å². The van der Waals surface area contributed by atoms with Crippen LogP contribution in [0.4, 0.5) is 0 Å². The zero-order valence-electron chi connectivity index (χ0n) is 13.8. The standard InChI is InChI=1S/C21H25NO/c1-17(20-10-6-3-7-11-20)22-15-14-19(12-13-21(22)23)16-18-8-4-2-5-9-18/h2-11,17,19H,12-16H2,1H3/t17-,19-/m1/s1. The second-order valence-electron chi connectivity index (χ2n) is 6.56. The van der Waals surface area contributed by atoms with Crippen LogP contribution >= 0.6 is 0 Å². The summed E-state index contributed by atoms with van der Waals surface area (Å²) in [4.78, 5) is 14.6. The number of hydrogen-bond donors (Lipinski definition) is 0. The summed E-state index contributed by atoms with van der Waals surface area (Å²) in [6.45, 7) is 3.01. The van der Waals surface area contributed by atoms with Gasteiger partial charge in [0.25, 0.3) is 0 Å². The van der Waals surface area contributed by atoms with Crippen LogP contribution in [0, 0.1) is 5.92 Å². The smallest absolute Gasteiger partial charge is 0.223 e. The minimum absolute atomic E-state index is 0.166. The maximum Gasteiger partial charge on any atom is 0.223 e. The molecule has 0 aromatic heterocycles. The van der Waals surface area contributed by atoms with Crippen molar-refractivity contribution < 1.29 is 4.79 Å². The molecule has 0 radical (unpaired) electrons. The Morgan fingerprint density at radius 1 is 1.00 bits per heavy atom. The van der Waals surface area contributed by atoms with Crippen molar-refractivity contribution >= 4 is 5.91 Å². The lowest BCUT2D eigenvalue weighted by Gasteiger charge is -2.28. The molecule has 1 aliphatic rings. The van der Waals surface area contributed by atoms with Crippen LogP contribution in [0.15, 0.2) is 60.7 Å². The monoisotopic (exact) mass is 307 g/mol. The third-order valence-corrected chi connectivity index (χ3v) is 4.98. The van der Waals surface area contributed by atoms with E-state index in [2.05, 4.69) is 54.3 Å². The number of carbonyl (C=O) groups excluding carboxylic acids is 1. The zero-order valence-corrected chi connectivity index (χ0v) is 13.8. The predicted octanol–water partition coefficient (Wildman–Crippen LogP) is 4.62. The number of likely N-dealkylation sites (tertiary alicyclic amines) is 1. The Morgan fingerprint density at radius 2 is 1.65 bits per heavy atom. The SMILES string of the molecule is C[C@H](c1ccccc1)N1CC[C@H](Cc2ccccc2)CCC1=O. The average Bonchev–Trinajstić information content (AvgIpc) is 2.78. The maximum absolute atomic E-state index is 12.6. The van der Waals surface area contributed by atoms with Gasteiger partial charge >= 0.3 is 0 Å². The molecule has 0 unspecified atom stereocenters.